The molecule has 1 aliphatic carbocycles. The average molecular weight is 467 g/mol. The Morgan fingerprint density at radius 3 is 2.26 bits per heavy atom. The molecule has 34 heavy (non-hydrogen) atoms. The van der Waals surface area contributed by atoms with Gasteiger partial charge in [-0.05, 0) is 41.0 Å². The second kappa shape index (κ2) is 10.7. The molecule has 0 aromatic heterocycles. The quantitative estimate of drug-likeness (QED) is 0.557. The maximum atomic E-state index is 12.8. The number of nitrogens with one attached hydrogen (secondary N) is 1. The van der Waals surface area contributed by atoms with Gasteiger partial charge in [0.1, 0.15) is 12.6 Å². The van der Waals surface area contributed by atoms with Crippen molar-refractivity contribution in [1.82, 2.24) is 10.2 Å². The number of hydrogen-bond donors (Lipinski definition) is 2. The predicted molar refractivity (Wildman–Crippen MR) is 125 cm³/mol. The lowest BCUT2D eigenvalue weighted by Crippen LogP contribution is -2.58. The molecule has 1 atom stereocenters. The van der Waals surface area contributed by atoms with Crippen molar-refractivity contribution in [2.75, 3.05) is 33.4 Å². The summed E-state index contributed by atoms with van der Waals surface area (Å²) in [6, 6.07) is 15.4. The van der Waals surface area contributed by atoms with Crippen LogP contribution < -0.4 is 5.32 Å². The van der Waals surface area contributed by atoms with Crippen molar-refractivity contribution in [2.45, 2.75) is 31.2 Å². The Hall–Kier alpha value is -3.39. The SMILES string of the molecule is COCC(NC(=O)OCC1c2ccccc2-c2ccccc21)C(=O)N1CC(CCCC(=O)O)C1. The lowest BCUT2D eigenvalue weighted by molar-refractivity contribution is -0.142. The van der Waals surface area contributed by atoms with Crippen LogP contribution in [0.2, 0.25) is 0 Å². The van der Waals surface area contributed by atoms with Crippen molar-refractivity contribution >= 4 is 18.0 Å². The van der Waals surface area contributed by atoms with Crippen molar-refractivity contribution in [1.29, 1.82) is 0 Å². The van der Waals surface area contributed by atoms with Gasteiger partial charge < -0.3 is 24.8 Å². The summed E-state index contributed by atoms with van der Waals surface area (Å²) in [7, 11) is 1.48. The van der Waals surface area contributed by atoms with Gasteiger partial charge in [0.2, 0.25) is 5.91 Å². The molecule has 0 radical (unpaired) electrons. The zero-order chi connectivity index (χ0) is 24.1. The second-order valence-corrected chi connectivity index (χ2v) is 8.87. The van der Waals surface area contributed by atoms with Crippen LogP contribution in [0, 0.1) is 5.92 Å². The molecule has 8 heteroatoms. The van der Waals surface area contributed by atoms with E-state index in [1.807, 2.05) is 24.3 Å². The molecule has 0 saturated carbocycles. The van der Waals surface area contributed by atoms with E-state index in [4.69, 9.17) is 14.6 Å². The van der Waals surface area contributed by atoms with Crippen LogP contribution in [-0.2, 0) is 19.1 Å². The van der Waals surface area contributed by atoms with E-state index < -0.39 is 18.1 Å². The normalized spacial score (nSPS) is 15.7. The van der Waals surface area contributed by atoms with Gasteiger partial charge in [0.25, 0.3) is 0 Å². The highest BCUT2D eigenvalue weighted by Crippen LogP contribution is 2.44. The van der Waals surface area contributed by atoms with Gasteiger partial charge in [0, 0.05) is 32.5 Å². The van der Waals surface area contributed by atoms with Gasteiger partial charge in [-0.25, -0.2) is 4.79 Å². The molecule has 2 N–H and O–H groups in total. The number of nitrogens with zero attached hydrogens (tertiary/aromatic N) is 1. The fourth-order valence-corrected chi connectivity index (χ4v) is 4.82. The summed E-state index contributed by atoms with van der Waals surface area (Å²) in [6.45, 7) is 1.34. The van der Waals surface area contributed by atoms with E-state index >= 15 is 0 Å². The number of carbonyl (C=O) groups is 3. The Morgan fingerprint density at radius 2 is 1.68 bits per heavy atom. The first-order valence-corrected chi connectivity index (χ1v) is 11.6. The third-order valence-corrected chi connectivity index (χ3v) is 6.54. The van der Waals surface area contributed by atoms with Crippen LogP contribution in [0.25, 0.3) is 11.1 Å². The maximum Gasteiger partial charge on any atom is 0.407 e. The van der Waals surface area contributed by atoms with Crippen LogP contribution in [-0.4, -0.2) is 67.4 Å². The van der Waals surface area contributed by atoms with E-state index in [0.29, 0.717) is 25.4 Å². The first-order chi connectivity index (χ1) is 16.5. The number of ether oxygens (including phenoxy) is 2. The van der Waals surface area contributed by atoms with E-state index in [0.717, 1.165) is 28.7 Å². The van der Waals surface area contributed by atoms with Crippen molar-refractivity contribution in [3.8, 4) is 11.1 Å². The third kappa shape index (κ3) is 5.22. The minimum absolute atomic E-state index is 0.0449. The van der Waals surface area contributed by atoms with Gasteiger partial charge in [-0.15, -0.1) is 0 Å². The van der Waals surface area contributed by atoms with Crippen LogP contribution in [0.5, 0.6) is 0 Å². The standard InChI is InChI=1S/C26H30N2O6/c1-33-16-23(25(31)28-13-17(14-28)7-6-12-24(29)30)27-26(32)34-15-22-20-10-4-2-8-18(20)19-9-3-5-11-21(19)22/h2-5,8-11,17,22-23H,6-7,12-16H2,1H3,(H,27,32)(H,29,30). The number of benzene rings is 2. The summed E-state index contributed by atoms with van der Waals surface area (Å²) in [5, 5.41) is 11.4. The number of fused-ring (bicyclic) bond motifs is 3. The smallest absolute Gasteiger partial charge is 0.407 e. The fraction of sp³-hybridized carbons (Fsp3) is 0.423. The molecule has 2 aliphatic rings. The number of methoxy groups -OCH3 is 1. The van der Waals surface area contributed by atoms with Gasteiger partial charge in [-0.3, -0.25) is 9.59 Å². The lowest BCUT2D eigenvalue weighted by atomic mass is 9.93. The minimum Gasteiger partial charge on any atom is -0.481 e. The summed E-state index contributed by atoms with van der Waals surface area (Å²) < 4.78 is 10.7. The first kappa shape index (κ1) is 23.8. The number of carboxylic acid groups (broad SMARTS) is 1. The predicted octanol–water partition coefficient (Wildman–Crippen LogP) is 3.25. The lowest BCUT2D eigenvalue weighted by Gasteiger charge is -2.41. The van der Waals surface area contributed by atoms with Crippen LogP contribution in [0.15, 0.2) is 48.5 Å². The molecule has 0 bridgehead atoms. The van der Waals surface area contributed by atoms with Crippen LogP contribution in [0.1, 0.15) is 36.3 Å². The number of likely N-dealkylation sites (tertiary alicyclic amines) is 1. The number of alkyl carbamates (subject to hydrolysis) is 1. The molecule has 1 saturated heterocycles. The molecule has 2 aromatic carbocycles. The third-order valence-electron chi connectivity index (χ3n) is 6.54. The molecule has 1 aliphatic heterocycles. The van der Waals surface area contributed by atoms with Crippen LogP contribution in [0.3, 0.4) is 0 Å². The highest BCUT2D eigenvalue weighted by Gasteiger charge is 2.35. The van der Waals surface area contributed by atoms with E-state index in [9.17, 15) is 14.4 Å². The van der Waals surface area contributed by atoms with E-state index in [1.165, 1.54) is 7.11 Å². The molecule has 0 spiro atoms. The van der Waals surface area contributed by atoms with Crippen LogP contribution in [0.4, 0.5) is 4.79 Å². The first-order valence-electron chi connectivity index (χ1n) is 11.6. The zero-order valence-electron chi connectivity index (χ0n) is 19.2. The van der Waals surface area contributed by atoms with Gasteiger partial charge >= 0.3 is 12.1 Å². The average Bonchev–Trinajstić information content (AvgIpc) is 3.12. The molecule has 2 aromatic rings. The Morgan fingerprint density at radius 1 is 1.06 bits per heavy atom. The topological polar surface area (TPSA) is 105 Å². The summed E-state index contributed by atoms with van der Waals surface area (Å²) in [5.74, 6) is -0.790. The molecule has 2 amide bonds. The minimum atomic E-state index is -0.833. The van der Waals surface area contributed by atoms with Gasteiger partial charge in [0.15, 0.2) is 0 Å². The molecule has 4 rings (SSSR count). The number of aliphatic carboxylic acids is 1. The number of carbonyl (C=O) groups excluding carboxylic acids is 2. The van der Waals surface area contributed by atoms with Crippen LogP contribution >= 0.6 is 0 Å². The number of amides is 2. The molecular weight excluding hydrogens is 436 g/mol. The summed E-state index contributed by atoms with van der Waals surface area (Å²) in [6.07, 6.45) is 0.850. The molecule has 1 heterocycles. The zero-order valence-corrected chi connectivity index (χ0v) is 19.2. The number of rotatable bonds is 10. The van der Waals surface area contributed by atoms with Gasteiger partial charge in [0.05, 0.1) is 6.61 Å². The summed E-state index contributed by atoms with van der Waals surface area (Å²) in [5.41, 5.74) is 4.54. The highest BCUT2D eigenvalue weighted by atomic mass is 16.5. The van der Waals surface area contributed by atoms with E-state index in [2.05, 4.69) is 29.6 Å². The fourth-order valence-electron chi connectivity index (χ4n) is 4.82. The molecular formula is C26H30N2O6. The Labute approximate surface area is 198 Å². The molecule has 180 valence electrons. The maximum absolute atomic E-state index is 12.8. The highest BCUT2D eigenvalue weighted by molar-refractivity contribution is 5.86. The Balaban J connectivity index is 1.30. The summed E-state index contributed by atoms with van der Waals surface area (Å²) >= 11 is 0. The van der Waals surface area contributed by atoms with Crippen molar-refractivity contribution in [3.63, 3.8) is 0 Å². The Kier molecular flexibility index (Phi) is 7.47. The van der Waals surface area contributed by atoms with E-state index in [1.54, 1.807) is 4.90 Å². The number of hydrogen-bond acceptors (Lipinski definition) is 5. The van der Waals surface area contributed by atoms with Crippen molar-refractivity contribution < 1.29 is 29.0 Å². The molecule has 1 unspecified atom stereocenters. The van der Waals surface area contributed by atoms with E-state index in [-0.39, 0.29) is 31.5 Å². The van der Waals surface area contributed by atoms with Crippen molar-refractivity contribution in [2.24, 2.45) is 5.92 Å². The summed E-state index contributed by atoms with van der Waals surface area (Å²) in [4.78, 5) is 37.8. The van der Waals surface area contributed by atoms with Crippen molar-refractivity contribution in [3.05, 3.63) is 59.7 Å². The molecule has 8 nitrogen and oxygen atoms in total. The Bertz CT molecular complexity index is 1000. The van der Waals surface area contributed by atoms with Gasteiger partial charge in [-0.2, -0.15) is 0 Å². The molecule has 1 fully saturated rings. The second-order valence-electron chi connectivity index (χ2n) is 8.87. The monoisotopic (exact) mass is 466 g/mol. The van der Waals surface area contributed by atoms with Gasteiger partial charge in [-0.1, -0.05) is 48.5 Å². The number of carboxylic acids is 1. The largest absolute Gasteiger partial charge is 0.481 e.